The summed E-state index contributed by atoms with van der Waals surface area (Å²) in [5.74, 6) is -0.921. The molecule has 5 heteroatoms. The molecule has 1 saturated heterocycles. The average Bonchev–Trinajstić information content (AvgIpc) is 2.60. The van der Waals surface area contributed by atoms with Crippen LogP contribution in [0.15, 0.2) is 24.3 Å². The molecule has 4 nitrogen and oxygen atoms in total. The predicted molar refractivity (Wildman–Crippen MR) is 61.1 cm³/mol. The number of nitrogens with two attached hydrogens (primary N) is 1. The molecule has 1 aliphatic rings. The Balaban J connectivity index is 2.23. The molecule has 0 saturated carbocycles. The molecule has 0 radical (unpaired) electrons. The molecule has 0 spiro atoms. The van der Waals surface area contributed by atoms with E-state index in [2.05, 4.69) is 0 Å². The van der Waals surface area contributed by atoms with Gasteiger partial charge in [0.1, 0.15) is 0 Å². The fourth-order valence-corrected chi connectivity index (χ4v) is 1.98. The van der Waals surface area contributed by atoms with Crippen LogP contribution in [-0.4, -0.2) is 18.4 Å². The summed E-state index contributed by atoms with van der Waals surface area (Å²) >= 11 is 5.84. The van der Waals surface area contributed by atoms with E-state index in [-0.39, 0.29) is 12.3 Å². The van der Waals surface area contributed by atoms with E-state index in [1.54, 1.807) is 29.2 Å². The SMILES string of the molecule is NC(=O)C1CC(=O)N(c2cccc(Cl)c2)C1. The fraction of sp³-hybridized carbons (Fsp3) is 0.273. The van der Waals surface area contributed by atoms with Crippen LogP contribution in [0.4, 0.5) is 5.69 Å². The third kappa shape index (κ3) is 2.02. The van der Waals surface area contributed by atoms with Crippen LogP contribution >= 0.6 is 11.6 Å². The number of rotatable bonds is 2. The van der Waals surface area contributed by atoms with Crippen molar-refractivity contribution in [3.8, 4) is 0 Å². The van der Waals surface area contributed by atoms with Gasteiger partial charge in [0.15, 0.2) is 0 Å². The van der Waals surface area contributed by atoms with Gasteiger partial charge in [-0.1, -0.05) is 17.7 Å². The maximum Gasteiger partial charge on any atom is 0.227 e. The fourth-order valence-electron chi connectivity index (χ4n) is 1.79. The Kier molecular flexibility index (Phi) is 2.83. The lowest BCUT2D eigenvalue weighted by molar-refractivity contribution is -0.123. The largest absolute Gasteiger partial charge is 0.369 e. The predicted octanol–water partition coefficient (Wildman–Crippen LogP) is 1.18. The van der Waals surface area contributed by atoms with Crippen molar-refractivity contribution in [2.24, 2.45) is 11.7 Å². The van der Waals surface area contributed by atoms with Crippen molar-refractivity contribution in [3.05, 3.63) is 29.3 Å². The van der Waals surface area contributed by atoms with Gasteiger partial charge in [-0.2, -0.15) is 0 Å². The first-order valence-electron chi connectivity index (χ1n) is 4.93. The molecule has 1 aromatic carbocycles. The van der Waals surface area contributed by atoms with Gasteiger partial charge in [-0.15, -0.1) is 0 Å². The summed E-state index contributed by atoms with van der Waals surface area (Å²) in [7, 11) is 0. The van der Waals surface area contributed by atoms with Gasteiger partial charge in [-0.05, 0) is 18.2 Å². The van der Waals surface area contributed by atoms with E-state index in [4.69, 9.17) is 17.3 Å². The molecule has 2 rings (SSSR count). The first-order valence-corrected chi connectivity index (χ1v) is 5.31. The zero-order valence-electron chi connectivity index (χ0n) is 8.52. The van der Waals surface area contributed by atoms with E-state index in [0.717, 1.165) is 0 Å². The Morgan fingerprint density at radius 2 is 2.25 bits per heavy atom. The average molecular weight is 239 g/mol. The van der Waals surface area contributed by atoms with Gasteiger partial charge < -0.3 is 10.6 Å². The highest BCUT2D eigenvalue weighted by Gasteiger charge is 2.33. The van der Waals surface area contributed by atoms with Crippen LogP contribution in [0, 0.1) is 5.92 Å². The van der Waals surface area contributed by atoms with Crippen LogP contribution in [0.3, 0.4) is 0 Å². The van der Waals surface area contributed by atoms with Gasteiger partial charge in [0.2, 0.25) is 11.8 Å². The Labute approximate surface area is 98.0 Å². The van der Waals surface area contributed by atoms with Crippen molar-refractivity contribution in [1.29, 1.82) is 0 Å². The van der Waals surface area contributed by atoms with Crippen LogP contribution in [-0.2, 0) is 9.59 Å². The molecule has 0 aromatic heterocycles. The van der Waals surface area contributed by atoms with Gasteiger partial charge in [0.05, 0.1) is 5.92 Å². The second kappa shape index (κ2) is 4.14. The molecular formula is C11H11ClN2O2. The number of benzene rings is 1. The molecule has 1 fully saturated rings. The normalized spacial score (nSPS) is 20.2. The topological polar surface area (TPSA) is 63.4 Å². The number of primary amides is 1. The minimum absolute atomic E-state index is 0.0916. The number of carbonyl (C=O) groups is 2. The molecule has 0 aliphatic carbocycles. The van der Waals surface area contributed by atoms with Crippen molar-refractivity contribution >= 4 is 29.1 Å². The Hall–Kier alpha value is -1.55. The summed E-state index contributed by atoms with van der Waals surface area (Å²) < 4.78 is 0. The summed E-state index contributed by atoms with van der Waals surface area (Å²) in [6.07, 6.45) is 0.182. The minimum Gasteiger partial charge on any atom is -0.369 e. The summed E-state index contributed by atoms with van der Waals surface area (Å²) in [6.45, 7) is 0.342. The highest BCUT2D eigenvalue weighted by Crippen LogP contribution is 2.26. The molecule has 2 N–H and O–H groups in total. The first-order chi connectivity index (χ1) is 7.58. The lowest BCUT2D eigenvalue weighted by atomic mass is 10.1. The van der Waals surface area contributed by atoms with E-state index in [0.29, 0.717) is 17.3 Å². The van der Waals surface area contributed by atoms with E-state index < -0.39 is 11.8 Å². The van der Waals surface area contributed by atoms with Crippen LogP contribution in [0.25, 0.3) is 0 Å². The number of amides is 2. The van der Waals surface area contributed by atoms with Crippen molar-refractivity contribution in [2.45, 2.75) is 6.42 Å². The van der Waals surface area contributed by atoms with Crippen molar-refractivity contribution in [3.63, 3.8) is 0 Å². The molecule has 2 amide bonds. The third-order valence-electron chi connectivity index (χ3n) is 2.65. The molecule has 1 unspecified atom stereocenters. The van der Waals surface area contributed by atoms with Gasteiger partial charge in [-0.25, -0.2) is 0 Å². The monoisotopic (exact) mass is 238 g/mol. The van der Waals surface area contributed by atoms with Crippen molar-refractivity contribution < 1.29 is 9.59 Å². The molecule has 1 aliphatic heterocycles. The molecular weight excluding hydrogens is 228 g/mol. The van der Waals surface area contributed by atoms with E-state index in [9.17, 15) is 9.59 Å². The molecule has 1 atom stereocenters. The quantitative estimate of drug-likeness (QED) is 0.841. The summed E-state index contributed by atoms with van der Waals surface area (Å²) in [6, 6.07) is 6.98. The smallest absolute Gasteiger partial charge is 0.227 e. The first kappa shape index (κ1) is 11.0. The highest BCUT2D eigenvalue weighted by molar-refractivity contribution is 6.30. The lowest BCUT2D eigenvalue weighted by Crippen LogP contribution is -2.28. The standard InChI is InChI=1S/C11H11ClN2O2/c12-8-2-1-3-9(5-8)14-6-7(11(13)16)4-10(14)15/h1-3,5,7H,4,6H2,(H2,13,16). The van der Waals surface area contributed by atoms with Crippen LogP contribution in [0.5, 0.6) is 0 Å². The maximum atomic E-state index is 11.7. The van der Waals surface area contributed by atoms with E-state index in [1.807, 2.05) is 0 Å². The van der Waals surface area contributed by atoms with Gasteiger partial charge in [0.25, 0.3) is 0 Å². The Morgan fingerprint density at radius 1 is 1.50 bits per heavy atom. The minimum atomic E-state index is -0.433. The number of halogens is 1. The zero-order chi connectivity index (χ0) is 11.7. The number of hydrogen-bond donors (Lipinski definition) is 1. The van der Waals surface area contributed by atoms with E-state index >= 15 is 0 Å². The van der Waals surface area contributed by atoms with Crippen molar-refractivity contribution in [2.75, 3.05) is 11.4 Å². The van der Waals surface area contributed by atoms with Crippen molar-refractivity contribution in [1.82, 2.24) is 0 Å². The van der Waals surface area contributed by atoms with Gasteiger partial charge in [-0.3, -0.25) is 9.59 Å². The second-order valence-corrected chi connectivity index (χ2v) is 4.22. The van der Waals surface area contributed by atoms with Crippen LogP contribution in [0.1, 0.15) is 6.42 Å². The zero-order valence-corrected chi connectivity index (χ0v) is 9.28. The molecule has 1 aromatic rings. The highest BCUT2D eigenvalue weighted by atomic mass is 35.5. The summed E-state index contributed by atoms with van der Waals surface area (Å²) in [4.78, 5) is 24.2. The lowest BCUT2D eigenvalue weighted by Gasteiger charge is -2.16. The van der Waals surface area contributed by atoms with Crippen LogP contribution in [0.2, 0.25) is 5.02 Å². The van der Waals surface area contributed by atoms with Crippen LogP contribution < -0.4 is 10.6 Å². The Morgan fingerprint density at radius 3 is 2.81 bits per heavy atom. The maximum absolute atomic E-state index is 11.7. The van der Waals surface area contributed by atoms with Gasteiger partial charge >= 0.3 is 0 Å². The Bertz CT molecular complexity index is 447. The summed E-state index contributed by atoms with van der Waals surface area (Å²) in [5, 5.41) is 0.563. The number of carbonyl (C=O) groups excluding carboxylic acids is 2. The van der Waals surface area contributed by atoms with Gasteiger partial charge in [0, 0.05) is 23.7 Å². The third-order valence-corrected chi connectivity index (χ3v) is 2.88. The molecule has 1 heterocycles. The number of nitrogens with zero attached hydrogens (tertiary/aromatic N) is 1. The second-order valence-electron chi connectivity index (χ2n) is 3.79. The number of hydrogen-bond acceptors (Lipinski definition) is 2. The summed E-state index contributed by atoms with van der Waals surface area (Å²) in [5.41, 5.74) is 5.90. The number of anilines is 1. The molecule has 84 valence electrons. The molecule has 0 bridgehead atoms. The molecule has 16 heavy (non-hydrogen) atoms. The van der Waals surface area contributed by atoms with E-state index in [1.165, 1.54) is 0 Å².